The number of likely N-dealkylation sites (N-methyl/N-ethyl adjacent to an activating group) is 1. The van der Waals surface area contributed by atoms with Crippen LogP contribution in [0.2, 0.25) is 0 Å². The van der Waals surface area contributed by atoms with Gasteiger partial charge in [-0.15, -0.1) is 0 Å². The number of carboxylic acid groups (broad SMARTS) is 2. The third-order valence-corrected chi connectivity index (χ3v) is 11.2. The van der Waals surface area contributed by atoms with E-state index >= 15 is 0 Å². The zero-order chi connectivity index (χ0) is 45.4. The molecule has 0 saturated carbocycles. The van der Waals surface area contributed by atoms with Gasteiger partial charge < -0.3 is 24.4 Å². The van der Waals surface area contributed by atoms with Crippen LogP contribution in [0.3, 0.4) is 0 Å². The molecule has 0 amide bonds. The van der Waals surface area contributed by atoms with Crippen LogP contribution in [0.25, 0.3) is 0 Å². The van der Waals surface area contributed by atoms with Crippen molar-refractivity contribution in [2.75, 3.05) is 27.2 Å². The van der Waals surface area contributed by atoms with Gasteiger partial charge in [0.15, 0.2) is 0 Å². The van der Waals surface area contributed by atoms with E-state index in [2.05, 4.69) is 20.8 Å². The van der Waals surface area contributed by atoms with E-state index in [0.29, 0.717) is 25.7 Å². The van der Waals surface area contributed by atoms with Crippen molar-refractivity contribution in [2.45, 2.75) is 277 Å². The van der Waals surface area contributed by atoms with Crippen molar-refractivity contribution in [3.8, 4) is 0 Å². The Bertz CT molecular complexity index is 940. The number of rotatable bonds is 41. The number of hydrogen-bond acceptors (Lipinski definition) is 8. The van der Waals surface area contributed by atoms with Crippen LogP contribution in [0.15, 0.2) is 0 Å². The first-order valence-corrected chi connectivity index (χ1v) is 25.6. The highest BCUT2D eigenvalue weighted by molar-refractivity contribution is 5.71. The van der Waals surface area contributed by atoms with Crippen molar-refractivity contribution in [3.05, 3.63) is 0 Å². The highest BCUT2D eigenvalue weighted by Gasteiger charge is 2.29. The summed E-state index contributed by atoms with van der Waals surface area (Å²) in [5, 5.41) is 16.9. The summed E-state index contributed by atoms with van der Waals surface area (Å²) in [6.45, 7) is 7.22. The lowest BCUT2D eigenvalue weighted by atomic mass is 10.1. The van der Waals surface area contributed by atoms with E-state index in [-0.39, 0.29) is 31.2 Å². The van der Waals surface area contributed by atoms with Crippen LogP contribution in [-0.4, -0.2) is 78.6 Å². The molecule has 1 aliphatic heterocycles. The second kappa shape index (κ2) is 48.8. The van der Waals surface area contributed by atoms with Crippen molar-refractivity contribution in [1.82, 2.24) is 4.90 Å². The number of hydrogen-bond donors (Lipinski definition) is 2. The van der Waals surface area contributed by atoms with Gasteiger partial charge in [0, 0.05) is 25.7 Å². The molecule has 362 valence electrons. The zero-order valence-electron chi connectivity index (χ0n) is 40.6. The number of carboxylic acids is 2. The molecule has 1 fully saturated rings. The predicted octanol–water partition coefficient (Wildman–Crippen LogP) is 14.4. The largest absolute Gasteiger partial charge is 0.481 e. The molecule has 10 nitrogen and oxygen atoms in total. The van der Waals surface area contributed by atoms with Gasteiger partial charge in [0.2, 0.25) is 6.29 Å². The SMILES string of the molecule is CCCCCCCCCCCCCC(=O)O.CCCCCCCCCCCCCC(=O)O.CCCCCCCCCCCCCC(=O)O[C@H]1CC[C@@H](COC(=O)CN(C)C)O1. The molecule has 2 atom stereocenters. The molecular formula is C51H99NO9. The fourth-order valence-electron chi connectivity index (χ4n) is 7.39. The van der Waals surface area contributed by atoms with Gasteiger partial charge in [-0.3, -0.25) is 24.1 Å². The number of ether oxygens (including phenoxy) is 3. The molecule has 1 heterocycles. The summed E-state index contributed by atoms with van der Waals surface area (Å²) in [6.07, 6.45) is 43.8. The predicted molar refractivity (Wildman–Crippen MR) is 252 cm³/mol. The molecule has 0 spiro atoms. The molecule has 1 rings (SSSR count). The van der Waals surface area contributed by atoms with Crippen LogP contribution in [0, 0.1) is 0 Å². The van der Waals surface area contributed by atoms with E-state index in [1.54, 1.807) is 4.90 Å². The van der Waals surface area contributed by atoms with Gasteiger partial charge in [-0.2, -0.15) is 0 Å². The molecule has 10 heteroatoms. The molecule has 0 bridgehead atoms. The minimum Gasteiger partial charge on any atom is -0.481 e. The molecule has 2 N–H and O–H groups in total. The van der Waals surface area contributed by atoms with Crippen molar-refractivity contribution >= 4 is 23.9 Å². The third kappa shape index (κ3) is 52.1. The Morgan fingerprint density at radius 1 is 0.459 bits per heavy atom. The van der Waals surface area contributed by atoms with Crippen LogP contribution in [0.4, 0.5) is 0 Å². The number of unbranched alkanes of at least 4 members (excludes halogenated alkanes) is 30. The van der Waals surface area contributed by atoms with E-state index in [9.17, 15) is 19.2 Å². The average Bonchev–Trinajstić information content (AvgIpc) is 3.67. The Hall–Kier alpha value is -2.20. The van der Waals surface area contributed by atoms with Crippen molar-refractivity contribution in [2.24, 2.45) is 0 Å². The lowest BCUT2D eigenvalue weighted by molar-refractivity contribution is -0.180. The van der Waals surface area contributed by atoms with E-state index in [1.165, 1.54) is 173 Å². The van der Waals surface area contributed by atoms with Crippen LogP contribution < -0.4 is 0 Å². The van der Waals surface area contributed by atoms with E-state index in [0.717, 1.165) is 44.9 Å². The molecule has 0 unspecified atom stereocenters. The maximum absolute atomic E-state index is 12.0. The smallest absolute Gasteiger partial charge is 0.320 e. The molecule has 1 saturated heterocycles. The quantitative estimate of drug-likeness (QED) is 0.0451. The van der Waals surface area contributed by atoms with Crippen molar-refractivity contribution in [3.63, 3.8) is 0 Å². The normalized spacial score (nSPS) is 14.5. The molecule has 61 heavy (non-hydrogen) atoms. The first kappa shape index (κ1) is 60.9. The molecule has 0 aromatic rings. The minimum atomic E-state index is -0.657. The Morgan fingerprint density at radius 2 is 0.770 bits per heavy atom. The van der Waals surface area contributed by atoms with Crippen LogP contribution in [0.5, 0.6) is 0 Å². The maximum atomic E-state index is 12.0. The summed E-state index contributed by atoms with van der Waals surface area (Å²) in [6, 6.07) is 0. The van der Waals surface area contributed by atoms with E-state index < -0.39 is 18.2 Å². The van der Waals surface area contributed by atoms with Crippen LogP contribution in [0.1, 0.15) is 265 Å². The number of carbonyl (C=O) groups is 4. The standard InChI is InChI=1S/C23H43NO5.2C14H28O2/c1-4-5-6-7-8-9-10-11-12-13-14-15-21(25)29-23-17-16-20(28-23)19-27-22(26)18-24(2)3;2*1-2-3-4-5-6-7-8-9-10-11-12-13-14(15)16/h20,23H,4-19H2,1-3H3;2*2-13H2,1H3,(H,15,16)/t20-,23-;;/m0../s1. The molecule has 0 aromatic heterocycles. The molecule has 0 radical (unpaired) electrons. The average molecular weight is 870 g/mol. The second-order valence-electron chi connectivity index (χ2n) is 17.8. The highest BCUT2D eigenvalue weighted by atomic mass is 16.7. The lowest BCUT2D eigenvalue weighted by Crippen LogP contribution is -2.27. The Labute approximate surface area is 375 Å². The molecule has 1 aliphatic rings. The van der Waals surface area contributed by atoms with Crippen molar-refractivity contribution in [1.29, 1.82) is 0 Å². The van der Waals surface area contributed by atoms with Gasteiger partial charge in [-0.05, 0) is 39.8 Å². The summed E-state index contributed by atoms with van der Waals surface area (Å²) in [4.78, 5) is 45.8. The van der Waals surface area contributed by atoms with Crippen molar-refractivity contribution < 1.29 is 43.6 Å². The minimum absolute atomic E-state index is 0.180. The highest BCUT2D eigenvalue weighted by Crippen LogP contribution is 2.22. The summed E-state index contributed by atoms with van der Waals surface area (Å²) in [7, 11) is 3.64. The van der Waals surface area contributed by atoms with Gasteiger partial charge in [-0.25, -0.2) is 0 Å². The van der Waals surface area contributed by atoms with Gasteiger partial charge in [0.25, 0.3) is 0 Å². The van der Waals surface area contributed by atoms with Crippen LogP contribution in [-0.2, 0) is 33.4 Å². The van der Waals surface area contributed by atoms with Gasteiger partial charge >= 0.3 is 23.9 Å². The van der Waals surface area contributed by atoms with E-state index in [1.807, 2.05) is 14.1 Å². The number of aliphatic carboxylic acids is 2. The lowest BCUT2D eigenvalue weighted by Gasteiger charge is -2.15. The molecule has 0 aliphatic carbocycles. The maximum Gasteiger partial charge on any atom is 0.320 e. The molecular weight excluding hydrogens is 771 g/mol. The summed E-state index contributed by atoms with van der Waals surface area (Å²) < 4.78 is 16.2. The fraction of sp³-hybridized carbons (Fsp3) is 0.922. The number of carbonyl (C=O) groups excluding carboxylic acids is 2. The summed E-state index contributed by atoms with van der Waals surface area (Å²) in [5.74, 6) is -1.77. The summed E-state index contributed by atoms with van der Waals surface area (Å²) in [5.41, 5.74) is 0. The molecule has 0 aromatic carbocycles. The number of nitrogens with zero attached hydrogens (tertiary/aromatic N) is 1. The second-order valence-corrected chi connectivity index (χ2v) is 17.8. The monoisotopic (exact) mass is 870 g/mol. The van der Waals surface area contributed by atoms with Crippen LogP contribution >= 0.6 is 0 Å². The first-order chi connectivity index (χ1) is 29.5. The fourth-order valence-corrected chi connectivity index (χ4v) is 7.39. The topological polar surface area (TPSA) is 140 Å². The first-order valence-electron chi connectivity index (χ1n) is 25.6. The summed E-state index contributed by atoms with van der Waals surface area (Å²) >= 11 is 0. The number of esters is 2. The zero-order valence-corrected chi connectivity index (χ0v) is 40.6. The van der Waals surface area contributed by atoms with Gasteiger partial charge in [0.05, 0.1) is 12.6 Å². The Balaban J connectivity index is 0. The van der Waals surface area contributed by atoms with Gasteiger partial charge in [-0.1, -0.05) is 213 Å². The Morgan fingerprint density at radius 3 is 1.08 bits per heavy atom. The Kier molecular flexibility index (Phi) is 48.7. The third-order valence-electron chi connectivity index (χ3n) is 11.2. The van der Waals surface area contributed by atoms with Gasteiger partial charge in [0.1, 0.15) is 6.61 Å². The van der Waals surface area contributed by atoms with E-state index in [4.69, 9.17) is 24.4 Å².